The third kappa shape index (κ3) is 1.66. The van der Waals surface area contributed by atoms with Crippen LogP contribution in [0.2, 0.25) is 0 Å². The first-order chi connectivity index (χ1) is 7.79. The van der Waals surface area contributed by atoms with Crippen molar-refractivity contribution in [1.82, 2.24) is 4.90 Å². The molecule has 0 radical (unpaired) electrons. The normalized spacial score (nSPS) is 43.9. The Kier molecular flexibility index (Phi) is 2.54. The minimum atomic E-state index is -0.697. The van der Waals surface area contributed by atoms with E-state index in [4.69, 9.17) is 4.74 Å². The standard InChI is InChI=1S/C13H21NO3/c1-5-13(16)8-11(2)6-7-12(3,9-13)14(11)10(15)17-4/h6-7,16H,5,8-9H2,1-4H3/t11-,12+,13?. The van der Waals surface area contributed by atoms with Crippen LogP contribution >= 0.6 is 0 Å². The Morgan fingerprint density at radius 1 is 1.35 bits per heavy atom. The Morgan fingerprint density at radius 2 is 1.82 bits per heavy atom. The molecule has 0 aromatic heterocycles. The van der Waals surface area contributed by atoms with Crippen molar-refractivity contribution < 1.29 is 14.6 Å². The molecule has 2 heterocycles. The van der Waals surface area contributed by atoms with Crippen LogP contribution in [-0.4, -0.2) is 39.9 Å². The summed E-state index contributed by atoms with van der Waals surface area (Å²) in [4.78, 5) is 13.7. The lowest BCUT2D eigenvalue weighted by molar-refractivity contribution is -0.0948. The Balaban J connectivity index is 2.40. The number of fused-ring (bicyclic) bond motifs is 2. The average molecular weight is 239 g/mol. The van der Waals surface area contributed by atoms with Crippen LogP contribution in [0.4, 0.5) is 4.79 Å². The molecule has 4 nitrogen and oxygen atoms in total. The Bertz CT molecular complexity index is 357. The van der Waals surface area contributed by atoms with Crippen molar-refractivity contribution in [2.24, 2.45) is 0 Å². The number of amides is 1. The largest absolute Gasteiger partial charge is 0.453 e. The highest BCUT2D eigenvalue weighted by Crippen LogP contribution is 2.50. The van der Waals surface area contributed by atoms with E-state index in [1.165, 1.54) is 7.11 Å². The van der Waals surface area contributed by atoms with Gasteiger partial charge >= 0.3 is 6.09 Å². The molecule has 0 spiro atoms. The van der Waals surface area contributed by atoms with E-state index in [2.05, 4.69) is 0 Å². The van der Waals surface area contributed by atoms with Crippen LogP contribution in [0, 0.1) is 0 Å². The number of carbonyl (C=O) groups excluding carboxylic acids is 1. The highest BCUT2D eigenvalue weighted by molar-refractivity contribution is 5.72. The number of aliphatic hydroxyl groups is 1. The molecule has 2 aliphatic heterocycles. The van der Waals surface area contributed by atoms with Crippen LogP contribution in [0.1, 0.15) is 40.0 Å². The van der Waals surface area contributed by atoms with Crippen LogP contribution in [0.3, 0.4) is 0 Å². The molecule has 2 rings (SSSR count). The molecule has 96 valence electrons. The zero-order valence-corrected chi connectivity index (χ0v) is 11.0. The molecule has 1 fully saturated rings. The fraction of sp³-hybridized carbons (Fsp3) is 0.769. The van der Waals surface area contributed by atoms with Crippen LogP contribution in [0.25, 0.3) is 0 Å². The molecule has 0 saturated carbocycles. The topological polar surface area (TPSA) is 49.8 Å². The van der Waals surface area contributed by atoms with Gasteiger partial charge in [-0.2, -0.15) is 0 Å². The summed E-state index contributed by atoms with van der Waals surface area (Å²) in [6.45, 7) is 5.94. The molecular formula is C13H21NO3. The molecule has 1 unspecified atom stereocenters. The van der Waals surface area contributed by atoms with Crippen molar-refractivity contribution in [3.8, 4) is 0 Å². The quantitative estimate of drug-likeness (QED) is 0.713. The summed E-state index contributed by atoms with van der Waals surface area (Å²) < 4.78 is 4.87. The monoisotopic (exact) mass is 239 g/mol. The second kappa shape index (κ2) is 3.48. The summed E-state index contributed by atoms with van der Waals surface area (Å²) in [5.74, 6) is 0. The first-order valence-corrected chi connectivity index (χ1v) is 6.10. The molecule has 0 aliphatic carbocycles. The van der Waals surface area contributed by atoms with Crippen LogP contribution in [-0.2, 0) is 4.74 Å². The molecular weight excluding hydrogens is 218 g/mol. The molecule has 2 aliphatic rings. The number of nitrogens with zero attached hydrogens (tertiary/aromatic N) is 1. The number of ether oxygens (including phenoxy) is 1. The summed E-state index contributed by atoms with van der Waals surface area (Å²) in [5.41, 5.74) is -1.58. The number of carbonyl (C=O) groups is 1. The second-order valence-corrected chi connectivity index (χ2v) is 5.78. The van der Waals surface area contributed by atoms with E-state index in [-0.39, 0.29) is 6.09 Å². The first-order valence-electron chi connectivity index (χ1n) is 6.10. The number of methoxy groups -OCH3 is 1. The van der Waals surface area contributed by atoms with Gasteiger partial charge in [0.05, 0.1) is 23.8 Å². The lowest BCUT2D eigenvalue weighted by Crippen LogP contribution is -2.64. The van der Waals surface area contributed by atoms with Gasteiger partial charge < -0.3 is 9.84 Å². The maximum Gasteiger partial charge on any atom is 0.410 e. The van der Waals surface area contributed by atoms with Crippen molar-refractivity contribution in [1.29, 1.82) is 0 Å². The van der Waals surface area contributed by atoms with Gasteiger partial charge in [-0.25, -0.2) is 4.79 Å². The molecule has 0 aromatic rings. The van der Waals surface area contributed by atoms with Gasteiger partial charge in [0.1, 0.15) is 0 Å². The summed E-state index contributed by atoms with van der Waals surface area (Å²) in [7, 11) is 1.40. The number of rotatable bonds is 1. The maximum absolute atomic E-state index is 11.9. The van der Waals surface area contributed by atoms with E-state index < -0.39 is 16.7 Å². The molecule has 3 atom stereocenters. The van der Waals surface area contributed by atoms with E-state index in [1.807, 2.05) is 32.9 Å². The van der Waals surface area contributed by atoms with Gasteiger partial charge in [0, 0.05) is 12.8 Å². The van der Waals surface area contributed by atoms with Gasteiger partial charge in [-0.3, -0.25) is 4.90 Å². The van der Waals surface area contributed by atoms with E-state index in [1.54, 1.807) is 4.90 Å². The summed E-state index contributed by atoms with van der Waals surface area (Å²) >= 11 is 0. The first kappa shape index (κ1) is 12.4. The van der Waals surface area contributed by atoms with Crippen LogP contribution < -0.4 is 0 Å². The minimum absolute atomic E-state index is 0.321. The van der Waals surface area contributed by atoms with Gasteiger partial charge in [-0.15, -0.1) is 0 Å². The molecule has 1 amide bonds. The zero-order chi connectivity index (χ0) is 12.9. The van der Waals surface area contributed by atoms with Crippen molar-refractivity contribution in [2.75, 3.05) is 7.11 Å². The minimum Gasteiger partial charge on any atom is -0.453 e. The number of hydrogen-bond donors (Lipinski definition) is 1. The molecule has 1 N–H and O–H groups in total. The van der Waals surface area contributed by atoms with E-state index in [0.717, 1.165) is 0 Å². The lowest BCUT2D eigenvalue weighted by atomic mass is 9.73. The van der Waals surface area contributed by atoms with Gasteiger partial charge in [0.25, 0.3) is 0 Å². The zero-order valence-electron chi connectivity index (χ0n) is 11.0. The molecule has 1 saturated heterocycles. The highest BCUT2D eigenvalue weighted by Gasteiger charge is 2.58. The Labute approximate surface area is 102 Å². The van der Waals surface area contributed by atoms with Gasteiger partial charge in [-0.1, -0.05) is 19.1 Å². The van der Waals surface area contributed by atoms with Crippen molar-refractivity contribution in [3.05, 3.63) is 12.2 Å². The fourth-order valence-corrected chi connectivity index (χ4v) is 3.52. The number of hydrogen-bond acceptors (Lipinski definition) is 3. The predicted octanol–water partition coefficient (Wildman–Crippen LogP) is 2.08. The predicted molar refractivity (Wildman–Crippen MR) is 64.7 cm³/mol. The molecule has 4 heteroatoms. The molecule has 2 bridgehead atoms. The van der Waals surface area contributed by atoms with Crippen molar-refractivity contribution in [3.63, 3.8) is 0 Å². The average Bonchev–Trinajstić information content (AvgIpc) is 2.42. The van der Waals surface area contributed by atoms with Crippen molar-refractivity contribution >= 4 is 6.09 Å². The smallest absolute Gasteiger partial charge is 0.410 e. The maximum atomic E-state index is 11.9. The van der Waals surface area contributed by atoms with E-state index >= 15 is 0 Å². The van der Waals surface area contributed by atoms with Crippen LogP contribution in [0.5, 0.6) is 0 Å². The lowest BCUT2D eigenvalue weighted by Gasteiger charge is -2.53. The highest BCUT2D eigenvalue weighted by atomic mass is 16.5. The summed E-state index contributed by atoms with van der Waals surface area (Å²) in [6, 6.07) is 0. The van der Waals surface area contributed by atoms with Crippen LogP contribution in [0.15, 0.2) is 12.2 Å². The van der Waals surface area contributed by atoms with E-state index in [0.29, 0.717) is 19.3 Å². The summed E-state index contributed by atoms with van der Waals surface area (Å²) in [5, 5.41) is 10.5. The Morgan fingerprint density at radius 3 is 2.18 bits per heavy atom. The number of piperidine rings is 1. The van der Waals surface area contributed by atoms with Gasteiger partial charge in [-0.05, 0) is 20.3 Å². The van der Waals surface area contributed by atoms with Gasteiger partial charge in [0.2, 0.25) is 0 Å². The fourth-order valence-electron chi connectivity index (χ4n) is 3.52. The summed E-state index contributed by atoms with van der Waals surface area (Å²) in [6.07, 6.45) is 5.57. The van der Waals surface area contributed by atoms with Gasteiger partial charge in [0.15, 0.2) is 0 Å². The molecule has 0 aromatic carbocycles. The SMILES string of the molecule is CCC1(O)C[C@]2(C)C=C[C@](C)(C1)N2C(=O)OC. The van der Waals surface area contributed by atoms with Crippen molar-refractivity contribution in [2.45, 2.75) is 56.7 Å². The molecule has 17 heavy (non-hydrogen) atoms. The second-order valence-electron chi connectivity index (χ2n) is 5.78. The van der Waals surface area contributed by atoms with E-state index in [9.17, 15) is 9.90 Å². The third-order valence-electron chi connectivity index (χ3n) is 4.21. The third-order valence-corrected chi connectivity index (χ3v) is 4.21. The Hall–Kier alpha value is -1.03.